The van der Waals surface area contributed by atoms with Crippen LogP contribution in [0.1, 0.15) is 5.56 Å². The van der Waals surface area contributed by atoms with Crippen molar-refractivity contribution in [3.63, 3.8) is 0 Å². The third-order valence-electron chi connectivity index (χ3n) is 2.70. The lowest BCUT2D eigenvalue weighted by molar-refractivity contribution is 0.412. The lowest BCUT2D eigenvalue weighted by Gasteiger charge is -2.11. The molecule has 2 aromatic rings. The topological polar surface area (TPSA) is 41.5 Å². The number of methoxy groups -OCH3 is 1. The maximum absolute atomic E-state index is 9.90. The van der Waals surface area contributed by atoms with Gasteiger partial charge in [0.05, 0.1) is 16.1 Å². The number of phenolic OH excluding ortho intramolecular Hbond substituents is 1. The largest absolute Gasteiger partial charge is 0.506 e. The molecule has 0 aliphatic carbocycles. The van der Waals surface area contributed by atoms with Crippen molar-refractivity contribution in [2.45, 2.75) is 6.54 Å². The minimum Gasteiger partial charge on any atom is -0.506 e. The Morgan fingerprint density at radius 1 is 1.16 bits per heavy atom. The van der Waals surface area contributed by atoms with Crippen molar-refractivity contribution in [3.8, 4) is 11.5 Å². The number of nitrogens with one attached hydrogen (secondary N) is 1. The highest BCUT2D eigenvalue weighted by molar-refractivity contribution is 9.10. The Hall–Kier alpha value is -1.20. The molecule has 0 aliphatic heterocycles. The van der Waals surface area contributed by atoms with Gasteiger partial charge in [-0.3, -0.25) is 0 Å². The molecule has 0 unspecified atom stereocenters. The smallest absolute Gasteiger partial charge is 0.135 e. The number of benzene rings is 2. The van der Waals surface area contributed by atoms with Crippen LogP contribution < -0.4 is 10.1 Å². The monoisotopic (exact) mass is 385 g/mol. The second-order valence-electron chi connectivity index (χ2n) is 3.95. The molecule has 0 heterocycles. The zero-order valence-corrected chi connectivity index (χ0v) is 13.5. The number of para-hydroxylation sites is 1. The number of halogens is 2. The molecular formula is C14H13Br2NO2. The summed E-state index contributed by atoms with van der Waals surface area (Å²) >= 11 is 6.71. The minimum atomic E-state index is 0.263. The van der Waals surface area contributed by atoms with Gasteiger partial charge in [-0.2, -0.15) is 0 Å². The van der Waals surface area contributed by atoms with Gasteiger partial charge in [0.1, 0.15) is 11.5 Å². The predicted octanol–water partition coefficient (Wildman–Crippen LogP) is 4.54. The van der Waals surface area contributed by atoms with E-state index in [1.54, 1.807) is 7.11 Å². The highest BCUT2D eigenvalue weighted by atomic mass is 79.9. The minimum absolute atomic E-state index is 0.263. The molecule has 0 spiro atoms. The first-order valence-electron chi connectivity index (χ1n) is 5.65. The second kappa shape index (κ2) is 6.30. The Labute approximate surface area is 128 Å². The van der Waals surface area contributed by atoms with Crippen molar-refractivity contribution in [3.05, 3.63) is 50.9 Å². The molecule has 0 atom stereocenters. The first kappa shape index (κ1) is 14.2. The highest BCUT2D eigenvalue weighted by Gasteiger charge is 2.05. The van der Waals surface area contributed by atoms with Crippen LogP contribution in [0.2, 0.25) is 0 Å². The second-order valence-corrected chi connectivity index (χ2v) is 5.66. The molecule has 2 aromatic carbocycles. The molecule has 0 saturated carbocycles. The van der Waals surface area contributed by atoms with E-state index in [0.717, 1.165) is 21.5 Å². The zero-order valence-electron chi connectivity index (χ0n) is 10.3. The van der Waals surface area contributed by atoms with E-state index in [-0.39, 0.29) is 5.75 Å². The Bertz CT molecular complexity index is 588. The molecule has 2 N–H and O–H groups in total. The summed E-state index contributed by atoms with van der Waals surface area (Å²) in [5.41, 5.74) is 1.76. The van der Waals surface area contributed by atoms with E-state index in [0.29, 0.717) is 11.0 Å². The molecule has 19 heavy (non-hydrogen) atoms. The van der Waals surface area contributed by atoms with E-state index in [1.807, 2.05) is 36.4 Å². The number of hydrogen-bond donors (Lipinski definition) is 2. The van der Waals surface area contributed by atoms with Gasteiger partial charge in [0.2, 0.25) is 0 Å². The Balaban J connectivity index is 2.12. The van der Waals surface area contributed by atoms with Crippen molar-refractivity contribution >= 4 is 37.5 Å². The van der Waals surface area contributed by atoms with Crippen molar-refractivity contribution < 1.29 is 9.84 Å². The third kappa shape index (κ3) is 3.42. The number of hydrogen-bond acceptors (Lipinski definition) is 3. The molecule has 0 bridgehead atoms. The number of anilines is 1. The summed E-state index contributed by atoms with van der Waals surface area (Å²) in [6.45, 7) is 0.538. The van der Waals surface area contributed by atoms with Crippen LogP contribution in [0, 0.1) is 0 Å². The summed E-state index contributed by atoms with van der Waals surface area (Å²) in [6, 6.07) is 11.3. The maximum Gasteiger partial charge on any atom is 0.135 e. The summed E-state index contributed by atoms with van der Waals surface area (Å²) in [5.74, 6) is 1.03. The van der Waals surface area contributed by atoms with Gasteiger partial charge >= 0.3 is 0 Å². The van der Waals surface area contributed by atoms with Crippen LogP contribution in [0.15, 0.2) is 45.3 Å². The van der Waals surface area contributed by atoms with E-state index in [4.69, 9.17) is 4.74 Å². The highest BCUT2D eigenvalue weighted by Crippen LogP contribution is 2.30. The van der Waals surface area contributed by atoms with Gasteiger partial charge in [-0.25, -0.2) is 0 Å². The molecular weight excluding hydrogens is 374 g/mol. The number of ether oxygens (including phenoxy) is 1. The Morgan fingerprint density at radius 2 is 1.95 bits per heavy atom. The van der Waals surface area contributed by atoms with Gasteiger partial charge in [-0.05, 0) is 50.1 Å². The van der Waals surface area contributed by atoms with Crippen LogP contribution >= 0.6 is 31.9 Å². The van der Waals surface area contributed by atoms with Crippen LogP contribution in [-0.4, -0.2) is 12.2 Å². The molecule has 0 radical (unpaired) electrons. The first-order chi connectivity index (χ1) is 9.11. The van der Waals surface area contributed by atoms with Crippen molar-refractivity contribution in [2.24, 2.45) is 0 Å². The van der Waals surface area contributed by atoms with E-state index in [9.17, 15) is 5.11 Å². The van der Waals surface area contributed by atoms with Crippen molar-refractivity contribution in [1.29, 1.82) is 0 Å². The maximum atomic E-state index is 9.90. The number of phenols is 1. The molecule has 0 aliphatic rings. The Kier molecular flexibility index (Phi) is 4.71. The van der Waals surface area contributed by atoms with Crippen LogP contribution in [0.25, 0.3) is 0 Å². The molecule has 3 nitrogen and oxygen atoms in total. The third-order valence-corrected chi connectivity index (χ3v) is 4.00. The van der Waals surface area contributed by atoms with Crippen molar-refractivity contribution in [2.75, 3.05) is 12.4 Å². The van der Waals surface area contributed by atoms with Gasteiger partial charge in [0, 0.05) is 23.9 Å². The fourth-order valence-electron chi connectivity index (χ4n) is 1.67. The summed E-state index contributed by atoms with van der Waals surface area (Å²) in [6.07, 6.45) is 0. The number of rotatable bonds is 4. The van der Waals surface area contributed by atoms with Crippen LogP contribution in [-0.2, 0) is 6.54 Å². The van der Waals surface area contributed by atoms with Crippen LogP contribution in [0.5, 0.6) is 11.5 Å². The van der Waals surface area contributed by atoms with Crippen molar-refractivity contribution in [1.82, 2.24) is 0 Å². The fraction of sp³-hybridized carbons (Fsp3) is 0.143. The average molecular weight is 387 g/mol. The Morgan fingerprint density at radius 3 is 2.68 bits per heavy atom. The molecule has 0 amide bonds. The molecule has 100 valence electrons. The van der Waals surface area contributed by atoms with Gasteiger partial charge in [-0.15, -0.1) is 0 Å². The standard InChI is InChI=1S/C14H13Br2NO2/c1-19-13-7-10(5-6-11(13)15)17-8-9-3-2-4-12(16)14(9)18/h2-7,17-18H,8H2,1H3. The molecule has 0 saturated heterocycles. The van der Waals surface area contributed by atoms with E-state index in [2.05, 4.69) is 37.2 Å². The van der Waals surface area contributed by atoms with E-state index in [1.165, 1.54) is 0 Å². The average Bonchev–Trinajstić information content (AvgIpc) is 2.42. The normalized spacial score (nSPS) is 10.3. The molecule has 2 rings (SSSR count). The molecule has 0 aromatic heterocycles. The molecule has 0 fully saturated rings. The fourth-order valence-corrected chi connectivity index (χ4v) is 2.49. The van der Waals surface area contributed by atoms with Crippen LogP contribution in [0.3, 0.4) is 0 Å². The van der Waals surface area contributed by atoms with E-state index >= 15 is 0 Å². The quantitative estimate of drug-likeness (QED) is 0.810. The summed E-state index contributed by atoms with van der Waals surface area (Å²) in [5, 5.41) is 13.2. The lowest BCUT2D eigenvalue weighted by atomic mass is 10.2. The van der Waals surface area contributed by atoms with Gasteiger partial charge in [0.15, 0.2) is 0 Å². The van der Waals surface area contributed by atoms with E-state index < -0.39 is 0 Å². The summed E-state index contributed by atoms with van der Waals surface area (Å²) < 4.78 is 6.84. The number of aromatic hydroxyl groups is 1. The van der Waals surface area contributed by atoms with Gasteiger partial charge in [-0.1, -0.05) is 12.1 Å². The summed E-state index contributed by atoms with van der Waals surface area (Å²) in [7, 11) is 1.63. The SMILES string of the molecule is COc1cc(NCc2cccc(Br)c2O)ccc1Br. The molecule has 5 heteroatoms. The lowest BCUT2D eigenvalue weighted by Crippen LogP contribution is -2.00. The van der Waals surface area contributed by atoms with Crippen LogP contribution in [0.4, 0.5) is 5.69 Å². The summed E-state index contributed by atoms with van der Waals surface area (Å²) in [4.78, 5) is 0. The predicted molar refractivity (Wildman–Crippen MR) is 83.8 cm³/mol. The zero-order chi connectivity index (χ0) is 13.8. The van der Waals surface area contributed by atoms with Gasteiger partial charge < -0.3 is 15.2 Å². The first-order valence-corrected chi connectivity index (χ1v) is 7.24. The van der Waals surface area contributed by atoms with Gasteiger partial charge in [0.25, 0.3) is 0 Å².